The zero-order valence-electron chi connectivity index (χ0n) is 18.1. The van der Waals surface area contributed by atoms with Gasteiger partial charge in [-0.1, -0.05) is 42.5 Å². The van der Waals surface area contributed by atoms with Crippen molar-refractivity contribution < 1.29 is 14.3 Å². The van der Waals surface area contributed by atoms with Gasteiger partial charge in [0.15, 0.2) is 0 Å². The van der Waals surface area contributed by atoms with E-state index in [1.54, 1.807) is 30.3 Å². The fourth-order valence-corrected chi connectivity index (χ4v) is 4.02. The van der Waals surface area contributed by atoms with E-state index in [1.165, 1.54) is 11.4 Å². The van der Waals surface area contributed by atoms with Gasteiger partial charge >= 0.3 is 5.97 Å². The van der Waals surface area contributed by atoms with Gasteiger partial charge in [-0.15, -0.1) is 0 Å². The number of hydrogen-bond donors (Lipinski definition) is 0. The molecule has 0 fully saturated rings. The number of carbonyl (C=O) groups is 1. The second-order valence-electron chi connectivity index (χ2n) is 7.31. The topological polar surface area (TPSA) is 99.9 Å². The third-order valence-corrected chi connectivity index (χ3v) is 5.62. The van der Waals surface area contributed by atoms with E-state index in [2.05, 4.69) is 10.1 Å². The predicted molar refractivity (Wildman–Crippen MR) is 125 cm³/mol. The summed E-state index contributed by atoms with van der Waals surface area (Å²) in [7, 11) is 0. The number of esters is 1. The van der Waals surface area contributed by atoms with Crippen LogP contribution in [-0.2, 0) is 11.2 Å². The molecule has 0 aliphatic carbocycles. The molecule has 0 aliphatic rings. The van der Waals surface area contributed by atoms with Crippen LogP contribution in [0.4, 0.5) is 0 Å². The molecule has 0 radical (unpaired) electrons. The van der Waals surface area contributed by atoms with Crippen molar-refractivity contribution in [2.75, 3.05) is 6.61 Å². The Kier molecular flexibility index (Phi) is 6.60. The van der Waals surface area contributed by atoms with Crippen molar-refractivity contribution in [3.63, 3.8) is 0 Å². The molecule has 0 bridgehead atoms. The Morgan fingerprint density at radius 1 is 1.06 bits per heavy atom. The molecule has 0 unspecified atom stereocenters. The molecule has 8 nitrogen and oxygen atoms in total. The SMILES string of the molecule is CCCOc1ccc(Cc2nn3c(=O)/c(=C/c4ccc(OC(C)=O)cc4)sc3nc2=O)cc1. The van der Waals surface area contributed by atoms with Crippen LogP contribution in [-0.4, -0.2) is 27.2 Å². The quantitative estimate of drug-likeness (QED) is 0.306. The van der Waals surface area contributed by atoms with Gasteiger partial charge in [0.25, 0.3) is 11.1 Å². The van der Waals surface area contributed by atoms with Crippen molar-refractivity contribution in [3.05, 3.63) is 90.6 Å². The summed E-state index contributed by atoms with van der Waals surface area (Å²) >= 11 is 1.09. The van der Waals surface area contributed by atoms with Crippen LogP contribution in [0, 0.1) is 0 Å². The van der Waals surface area contributed by atoms with E-state index in [1.807, 2.05) is 31.2 Å². The first-order valence-electron chi connectivity index (χ1n) is 10.4. The van der Waals surface area contributed by atoms with Crippen molar-refractivity contribution in [2.45, 2.75) is 26.7 Å². The van der Waals surface area contributed by atoms with Crippen molar-refractivity contribution in [3.8, 4) is 11.5 Å². The normalized spacial score (nSPS) is 11.6. The number of thiazole rings is 1. The largest absolute Gasteiger partial charge is 0.494 e. The molecule has 9 heteroatoms. The molecule has 0 spiro atoms. The molecular weight excluding hydrogens is 442 g/mol. The average molecular weight is 464 g/mol. The number of rotatable bonds is 7. The Hall–Kier alpha value is -3.85. The summed E-state index contributed by atoms with van der Waals surface area (Å²) in [6.07, 6.45) is 2.86. The number of nitrogens with zero attached hydrogens (tertiary/aromatic N) is 3. The van der Waals surface area contributed by atoms with Gasteiger partial charge in [0.1, 0.15) is 17.2 Å². The highest BCUT2D eigenvalue weighted by molar-refractivity contribution is 7.15. The van der Waals surface area contributed by atoms with E-state index < -0.39 is 11.5 Å². The monoisotopic (exact) mass is 463 g/mol. The van der Waals surface area contributed by atoms with Crippen LogP contribution in [0.5, 0.6) is 11.5 Å². The average Bonchev–Trinajstić information content (AvgIpc) is 3.08. The van der Waals surface area contributed by atoms with Gasteiger partial charge in [0.2, 0.25) is 4.96 Å². The Morgan fingerprint density at radius 2 is 1.76 bits per heavy atom. The smallest absolute Gasteiger partial charge is 0.308 e. The molecule has 0 saturated heterocycles. The molecule has 168 valence electrons. The molecule has 2 aromatic carbocycles. The van der Waals surface area contributed by atoms with Crippen LogP contribution in [0.2, 0.25) is 0 Å². The molecule has 33 heavy (non-hydrogen) atoms. The van der Waals surface area contributed by atoms with Gasteiger partial charge in [-0.05, 0) is 47.9 Å². The molecule has 2 aromatic heterocycles. The van der Waals surface area contributed by atoms with Crippen LogP contribution in [0.3, 0.4) is 0 Å². The highest BCUT2D eigenvalue weighted by Gasteiger charge is 2.12. The van der Waals surface area contributed by atoms with E-state index in [4.69, 9.17) is 9.47 Å². The van der Waals surface area contributed by atoms with Gasteiger partial charge in [-0.25, -0.2) is 0 Å². The van der Waals surface area contributed by atoms with Crippen LogP contribution >= 0.6 is 11.3 Å². The summed E-state index contributed by atoms with van der Waals surface area (Å²) in [5, 5.41) is 4.28. The zero-order valence-corrected chi connectivity index (χ0v) is 18.9. The lowest BCUT2D eigenvalue weighted by atomic mass is 10.1. The van der Waals surface area contributed by atoms with Gasteiger partial charge in [0.05, 0.1) is 11.1 Å². The lowest BCUT2D eigenvalue weighted by Gasteiger charge is -2.05. The Labute approximate surface area is 192 Å². The molecule has 2 heterocycles. The molecule has 4 aromatic rings. The number of aromatic nitrogens is 3. The van der Waals surface area contributed by atoms with E-state index in [9.17, 15) is 14.4 Å². The maximum absolute atomic E-state index is 12.9. The van der Waals surface area contributed by atoms with Crippen molar-refractivity contribution in [1.29, 1.82) is 0 Å². The van der Waals surface area contributed by atoms with Gasteiger partial charge < -0.3 is 9.47 Å². The highest BCUT2D eigenvalue weighted by Crippen LogP contribution is 2.15. The summed E-state index contributed by atoms with van der Waals surface area (Å²) in [4.78, 5) is 40.7. The summed E-state index contributed by atoms with van der Waals surface area (Å²) in [5.74, 6) is 0.776. The van der Waals surface area contributed by atoms with Gasteiger partial charge in [-0.2, -0.15) is 14.6 Å². The number of fused-ring (bicyclic) bond motifs is 1. The third-order valence-electron chi connectivity index (χ3n) is 4.66. The maximum Gasteiger partial charge on any atom is 0.308 e. The van der Waals surface area contributed by atoms with Gasteiger partial charge in [-0.3, -0.25) is 14.4 Å². The minimum Gasteiger partial charge on any atom is -0.494 e. The standard InChI is InChI=1S/C24H21N3O5S/c1-3-12-31-18-8-4-16(5-9-18)13-20-22(29)25-24-27(26-20)23(30)21(33-24)14-17-6-10-19(11-7-17)32-15(2)28/h4-11,14H,3,12-13H2,1-2H3/b21-14-. The molecule has 0 saturated carbocycles. The first-order chi connectivity index (χ1) is 15.9. The third kappa shape index (κ3) is 5.32. The molecular formula is C24H21N3O5S. The van der Waals surface area contributed by atoms with Crippen molar-refractivity contribution in [2.24, 2.45) is 0 Å². The lowest BCUT2D eigenvalue weighted by Crippen LogP contribution is -2.28. The Bertz CT molecular complexity index is 1460. The highest BCUT2D eigenvalue weighted by atomic mass is 32.1. The summed E-state index contributed by atoms with van der Waals surface area (Å²) in [6.45, 7) is 4.01. The van der Waals surface area contributed by atoms with E-state index in [0.717, 1.165) is 34.6 Å². The van der Waals surface area contributed by atoms with E-state index in [-0.39, 0.29) is 22.6 Å². The Morgan fingerprint density at radius 3 is 2.42 bits per heavy atom. The van der Waals surface area contributed by atoms with Crippen LogP contribution < -0.4 is 25.1 Å². The minimum absolute atomic E-state index is 0.196. The lowest BCUT2D eigenvalue weighted by molar-refractivity contribution is -0.131. The molecule has 0 N–H and O–H groups in total. The minimum atomic E-state index is -0.458. The molecule has 0 aliphatic heterocycles. The molecule has 4 rings (SSSR count). The van der Waals surface area contributed by atoms with Crippen LogP contribution in [0.25, 0.3) is 11.0 Å². The van der Waals surface area contributed by atoms with Gasteiger partial charge in [0, 0.05) is 13.3 Å². The fraction of sp³-hybridized carbons (Fsp3) is 0.208. The zero-order chi connectivity index (χ0) is 23.4. The Balaban J connectivity index is 1.62. The van der Waals surface area contributed by atoms with E-state index in [0.29, 0.717) is 16.9 Å². The molecule has 0 atom stereocenters. The summed E-state index contributed by atoms with van der Waals surface area (Å²) < 4.78 is 12.1. The first-order valence-corrected chi connectivity index (χ1v) is 11.2. The number of hydrogen-bond acceptors (Lipinski definition) is 8. The molecule has 0 amide bonds. The van der Waals surface area contributed by atoms with Crippen molar-refractivity contribution in [1.82, 2.24) is 14.6 Å². The second-order valence-corrected chi connectivity index (χ2v) is 8.31. The number of carbonyl (C=O) groups excluding carboxylic acids is 1. The van der Waals surface area contributed by atoms with E-state index >= 15 is 0 Å². The van der Waals surface area contributed by atoms with Crippen LogP contribution in [0.1, 0.15) is 37.1 Å². The predicted octanol–water partition coefficient (Wildman–Crippen LogP) is 2.36. The second kappa shape index (κ2) is 9.74. The summed E-state index contributed by atoms with van der Waals surface area (Å²) in [5.41, 5.74) is 0.994. The number of benzene rings is 2. The maximum atomic E-state index is 12.9. The first kappa shape index (κ1) is 22.3. The fourth-order valence-electron chi connectivity index (χ4n) is 3.12. The number of ether oxygens (including phenoxy) is 2. The summed E-state index contributed by atoms with van der Waals surface area (Å²) in [6, 6.07) is 14.2. The van der Waals surface area contributed by atoms with Crippen LogP contribution in [0.15, 0.2) is 58.1 Å². The van der Waals surface area contributed by atoms with Crippen molar-refractivity contribution >= 4 is 28.3 Å².